The van der Waals surface area contributed by atoms with Gasteiger partial charge in [0, 0.05) is 24.0 Å². The van der Waals surface area contributed by atoms with E-state index in [-0.39, 0.29) is 12.6 Å². The highest BCUT2D eigenvalue weighted by molar-refractivity contribution is 5.55. The van der Waals surface area contributed by atoms with Gasteiger partial charge in [0.15, 0.2) is 0 Å². The maximum atomic E-state index is 9.01. The minimum atomic E-state index is 0.117. The lowest BCUT2D eigenvalue weighted by Crippen LogP contribution is -2.31. The molecule has 0 aliphatic heterocycles. The number of nitrogen functional groups attached to an aromatic ring is 2. The Morgan fingerprint density at radius 1 is 1.40 bits per heavy atom. The lowest BCUT2D eigenvalue weighted by Gasteiger charge is -2.15. The zero-order valence-electron chi connectivity index (χ0n) is 9.03. The summed E-state index contributed by atoms with van der Waals surface area (Å²) in [5.74, 6) is 0. The van der Waals surface area contributed by atoms with Crippen molar-refractivity contribution in [3.05, 3.63) is 23.8 Å². The second kappa shape index (κ2) is 5.58. The standard InChI is InChI=1S/C11H19N3O/c1-2-10(7-15)14-6-8-5-9(12)3-4-11(8)13/h3-5,10,14-15H,2,6-7,12-13H2,1H3. The summed E-state index contributed by atoms with van der Waals surface area (Å²) in [4.78, 5) is 0. The van der Waals surface area contributed by atoms with Gasteiger partial charge in [-0.3, -0.25) is 0 Å². The van der Waals surface area contributed by atoms with Crippen molar-refractivity contribution in [2.24, 2.45) is 0 Å². The molecule has 4 heteroatoms. The molecule has 0 aliphatic carbocycles. The number of rotatable bonds is 5. The topological polar surface area (TPSA) is 84.3 Å². The Hall–Kier alpha value is -1.26. The van der Waals surface area contributed by atoms with Crippen LogP contribution < -0.4 is 16.8 Å². The van der Waals surface area contributed by atoms with Crippen LogP contribution in [-0.2, 0) is 6.54 Å². The van der Waals surface area contributed by atoms with Crippen molar-refractivity contribution in [2.75, 3.05) is 18.1 Å². The molecule has 0 amide bonds. The fourth-order valence-electron chi connectivity index (χ4n) is 1.37. The quantitative estimate of drug-likeness (QED) is 0.538. The number of hydrogen-bond acceptors (Lipinski definition) is 4. The molecule has 15 heavy (non-hydrogen) atoms. The van der Waals surface area contributed by atoms with Crippen molar-refractivity contribution in [1.82, 2.24) is 5.32 Å². The van der Waals surface area contributed by atoms with Crippen LogP contribution in [0, 0.1) is 0 Å². The predicted octanol–water partition coefficient (Wildman–Crippen LogP) is 0.711. The molecule has 0 saturated carbocycles. The Morgan fingerprint density at radius 2 is 2.13 bits per heavy atom. The molecule has 0 heterocycles. The Labute approximate surface area is 90.3 Å². The van der Waals surface area contributed by atoms with Gasteiger partial charge in [-0.1, -0.05) is 6.92 Å². The maximum Gasteiger partial charge on any atom is 0.0584 e. The Kier molecular flexibility index (Phi) is 4.39. The fraction of sp³-hybridized carbons (Fsp3) is 0.455. The molecule has 1 rings (SSSR count). The number of hydrogen-bond donors (Lipinski definition) is 4. The highest BCUT2D eigenvalue weighted by Gasteiger charge is 2.05. The van der Waals surface area contributed by atoms with E-state index in [1.54, 1.807) is 12.1 Å². The number of aliphatic hydroxyl groups is 1. The average molecular weight is 209 g/mol. The zero-order chi connectivity index (χ0) is 11.3. The third kappa shape index (κ3) is 3.42. The van der Waals surface area contributed by atoms with Crippen LogP contribution in [0.5, 0.6) is 0 Å². The molecule has 0 radical (unpaired) electrons. The van der Waals surface area contributed by atoms with E-state index >= 15 is 0 Å². The normalized spacial score (nSPS) is 12.7. The summed E-state index contributed by atoms with van der Waals surface area (Å²) in [6, 6.07) is 5.55. The molecule has 0 saturated heterocycles. The average Bonchev–Trinajstić information content (AvgIpc) is 2.24. The molecular weight excluding hydrogens is 190 g/mol. The van der Waals surface area contributed by atoms with Gasteiger partial charge in [-0.25, -0.2) is 0 Å². The summed E-state index contributed by atoms with van der Waals surface area (Å²) in [5.41, 5.74) is 13.9. The van der Waals surface area contributed by atoms with Crippen molar-refractivity contribution in [1.29, 1.82) is 0 Å². The van der Waals surface area contributed by atoms with E-state index in [0.717, 1.165) is 17.7 Å². The van der Waals surface area contributed by atoms with Crippen LogP contribution in [0.1, 0.15) is 18.9 Å². The van der Waals surface area contributed by atoms with Crippen molar-refractivity contribution in [3.8, 4) is 0 Å². The molecule has 1 atom stereocenters. The number of nitrogens with two attached hydrogens (primary N) is 2. The van der Waals surface area contributed by atoms with Crippen LogP contribution in [0.2, 0.25) is 0 Å². The van der Waals surface area contributed by atoms with Gasteiger partial charge in [0.25, 0.3) is 0 Å². The molecular formula is C11H19N3O. The highest BCUT2D eigenvalue weighted by atomic mass is 16.3. The maximum absolute atomic E-state index is 9.01. The van der Waals surface area contributed by atoms with Crippen molar-refractivity contribution >= 4 is 11.4 Å². The van der Waals surface area contributed by atoms with Crippen molar-refractivity contribution in [3.63, 3.8) is 0 Å². The summed E-state index contributed by atoms with van der Waals surface area (Å²) >= 11 is 0. The lowest BCUT2D eigenvalue weighted by atomic mass is 10.1. The Morgan fingerprint density at radius 3 is 2.73 bits per heavy atom. The minimum Gasteiger partial charge on any atom is -0.399 e. The molecule has 0 fully saturated rings. The molecule has 0 aliphatic rings. The number of anilines is 2. The fourth-order valence-corrected chi connectivity index (χ4v) is 1.37. The molecule has 1 aromatic rings. The monoisotopic (exact) mass is 209 g/mol. The molecule has 0 spiro atoms. The molecule has 0 aromatic heterocycles. The minimum absolute atomic E-state index is 0.117. The van der Waals surface area contributed by atoms with E-state index in [1.807, 2.05) is 13.0 Å². The molecule has 6 N–H and O–H groups in total. The van der Waals surface area contributed by atoms with Crippen LogP contribution in [0.15, 0.2) is 18.2 Å². The first kappa shape index (κ1) is 11.8. The van der Waals surface area contributed by atoms with Gasteiger partial charge >= 0.3 is 0 Å². The van der Waals surface area contributed by atoms with Crippen LogP contribution in [0.25, 0.3) is 0 Å². The van der Waals surface area contributed by atoms with Crippen molar-refractivity contribution < 1.29 is 5.11 Å². The van der Waals surface area contributed by atoms with Gasteiger partial charge in [-0.15, -0.1) is 0 Å². The van der Waals surface area contributed by atoms with E-state index in [0.29, 0.717) is 12.2 Å². The second-order valence-electron chi connectivity index (χ2n) is 3.63. The SMILES string of the molecule is CCC(CO)NCc1cc(N)ccc1N. The van der Waals surface area contributed by atoms with E-state index in [4.69, 9.17) is 16.6 Å². The molecule has 84 valence electrons. The first-order valence-corrected chi connectivity index (χ1v) is 5.15. The van der Waals surface area contributed by atoms with Crippen molar-refractivity contribution in [2.45, 2.75) is 25.9 Å². The first-order chi connectivity index (χ1) is 7.17. The van der Waals surface area contributed by atoms with Crippen LogP contribution in [0.3, 0.4) is 0 Å². The van der Waals surface area contributed by atoms with Crippen LogP contribution in [0.4, 0.5) is 11.4 Å². The highest BCUT2D eigenvalue weighted by Crippen LogP contribution is 2.15. The van der Waals surface area contributed by atoms with Gasteiger partial charge in [0.1, 0.15) is 0 Å². The predicted molar refractivity (Wildman–Crippen MR) is 63.3 cm³/mol. The third-order valence-corrected chi connectivity index (χ3v) is 2.46. The zero-order valence-corrected chi connectivity index (χ0v) is 9.03. The Bertz CT molecular complexity index is 311. The third-order valence-electron chi connectivity index (χ3n) is 2.46. The van der Waals surface area contributed by atoms with E-state index in [1.165, 1.54) is 0 Å². The van der Waals surface area contributed by atoms with E-state index < -0.39 is 0 Å². The molecule has 4 nitrogen and oxygen atoms in total. The number of benzene rings is 1. The van der Waals surface area contributed by atoms with Crippen LogP contribution >= 0.6 is 0 Å². The number of aliphatic hydroxyl groups excluding tert-OH is 1. The van der Waals surface area contributed by atoms with Gasteiger partial charge in [-0.2, -0.15) is 0 Å². The number of nitrogens with one attached hydrogen (secondary N) is 1. The lowest BCUT2D eigenvalue weighted by molar-refractivity contribution is 0.238. The smallest absolute Gasteiger partial charge is 0.0584 e. The Balaban J connectivity index is 2.60. The molecule has 1 aromatic carbocycles. The van der Waals surface area contributed by atoms with E-state index in [2.05, 4.69) is 5.32 Å². The van der Waals surface area contributed by atoms with Gasteiger partial charge in [0.05, 0.1) is 6.61 Å². The summed E-state index contributed by atoms with van der Waals surface area (Å²) in [5, 5.41) is 12.2. The summed E-state index contributed by atoms with van der Waals surface area (Å²) in [6.07, 6.45) is 0.888. The van der Waals surface area contributed by atoms with Gasteiger partial charge < -0.3 is 21.9 Å². The summed E-state index contributed by atoms with van der Waals surface area (Å²) in [7, 11) is 0. The first-order valence-electron chi connectivity index (χ1n) is 5.15. The second-order valence-corrected chi connectivity index (χ2v) is 3.63. The van der Waals surface area contributed by atoms with E-state index in [9.17, 15) is 0 Å². The summed E-state index contributed by atoms with van der Waals surface area (Å²) in [6.45, 7) is 2.80. The summed E-state index contributed by atoms with van der Waals surface area (Å²) < 4.78 is 0. The van der Waals surface area contributed by atoms with Gasteiger partial charge in [0.2, 0.25) is 0 Å². The molecule has 1 unspecified atom stereocenters. The van der Waals surface area contributed by atoms with Crippen LogP contribution in [-0.4, -0.2) is 17.8 Å². The largest absolute Gasteiger partial charge is 0.399 e. The molecule has 0 bridgehead atoms. The van der Waals surface area contributed by atoms with Gasteiger partial charge in [-0.05, 0) is 30.2 Å².